The molecule has 1 aliphatic heterocycles. The lowest BCUT2D eigenvalue weighted by Gasteiger charge is -2.34. The number of ether oxygens (including phenoxy) is 1. The summed E-state index contributed by atoms with van der Waals surface area (Å²) in [7, 11) is 0. The first-order valence-corrected chi connectivity index (χ1v) is 8.16. The predicted molar refractivity (Wildman–Crippen MR) is 92.9 cm³/mol. The molecule has 0 spiro atoms. The van der Waals surface area contributed by atoms with E-state index in [-0.39, 0.29) is 11.7 Å². The van der Waals surface area contributed by atoms with Crippen LogP contribution in [0.4, 0.5) is 14.7 Å². The minimum Gasteiger partial charge on any atom is -0.434 e. The Morgan fingerprint density at radius 2 is 1.77 bits per heavy atom. The number of benzene rings is 1. The molecule has 26 heavy (non-hydrogen) atoms. The van der Waals surface area contributed by atoms with Gasteiger partial charge < -0.3 is 14.5 Å². The summed E-state index contributed by atoms with van der Waals surface area (Å²) in [6.45, 7) is -0.565. The summed E-state index contributed by atoms with van der Waals surface area (Å²) < 4.78 is 29.3. The monoisotopic (exact) mass is 360 g/mol. The topological polar surface area (TPSA) is 58.6 Å². The van der Waals surface area contributed by atoms with Gasteiger partial charge in [0, 0.05) is 50.2 Å². The van der Waals surface area contributed by atoms with Gasteiger partial charge in [-0.3, -0.25) is 4.79 Å². The molecule has 0 saturated carbocycles. The maximum atomic E-state index is 12.4. The molecule has 0 aliphatic carbocycles. The van der Waals surface area contributed by atoms with Crippen LogP contribution in [0, 0.1) is 0 Å². The van der Waals surface area contributed by atoms with Gasteiger partial charge in [-0.25, -0.2) is 9.97 Å². The Balaban J connectivity index is 1.59. The largest absolute Gasteiger partial charge is 0.434 e. The van der Waals surface area contributed by atoms with E-state index in [4.69, 9.17) is 0 Å². The third kappa shape index (κ3) is 4.53. The average Bonchev–Trinajstić information content (AvgIpc) is 2.67. The number of piperazine rings is 1. The number of hydrogen-bond donors (Lipinski definition) is 0. The molecule has 2 aromatic rings. The summed E-state index contributed by atoms with van der Waals surface area (Å²) in [5, 5.41) is 0. The number of halogens is 2. The molecule has 1 saturated heterocycles. The molecule has 1 aromatic carbocycles. The summed E-state index contributed by atoms with van der Waals surface area (Å²) in [4.78, 5) is 24.5. The molecule has 136 valence electrons. The summed E-state index contributed by atoms with van der Waals surface area (Å²) in [5.74, 6) is 0.510. The van der Waals surface area contributed by atoms with Gasteiger partial charge in [0.2, 0.25) is 11.9 Å². The highest BCUT2D eigenvalue weighted by Gasteiger charge is 2.21. The van der Waals surface area contributed by atoms with Crippen LogP contribution >= 0.6 is 0 Å². The SMILES string of the molecule is O=C(C=Cc1ccccc1OC(F)F)N1CCN(c2ncccn2)CC1. The van der Waals surface area contributed by atoms with E-state index in [2.05, 4.69) is 14.7 Å². The molecule has 1 fully saturated rings. The molecule has 2 heterocycles. The number of para-hydroxylation sites is 1. The van der Waals surface area contributed by atoms with Crippen molar-refractivity contribution in [3.8, 4) is 5.75 Å². The van der Waals surface area contributed by atoms with Gasteiger partial charge >= 0.3 is 6.61 Å². The van der Waals surface area contributed by atoms with Gasteiger partial charge in [0.25, 0.3) is 0 Å². The number of carbonyl (C=O) groups is 1. The number of carbonyl (C=O) groups excluding carboxylic acids is 1. The molecule has 0 unspecified atom stereocenters. The van der Waals surface area contributed by atoms with Gasteiger partial charge in [-0.05, 0) is 18.2 Å². The van der Waals surface area contributed by atoms with Crippen LogP contribution in [0.5, 0.6) is 5.75 Å². The lowest BCUT2D eigenvalue weighted by atomic mass is 10.2. The van der Waals surface area contributed by atoms with Crippen molar-refractivity contribution in [2.75, 3.05) is 31.1 Å². The number of nitrogens with zero attached hydrogens (tertiary/aromatic N) is 4. The number of hydrogen-bond acceptors (Lipinski definition) is 5. The third-order valence-electron chi connectivity index (χ3n) is 3.97. The Kier molecular flexibility index (Phi) is 5.73. The van der Waals surface area contributed by atoms with Crippen LogP contribution in [-0.2, 0) is 4.79 Å². The van der Waals surface area contributed by atoms with E-state index in [0.717, 1.165) is 0 Å². The van der Waals surface area contributed by atoms with Gasteiger partial charge in [-0.15, -0.1) is 0 Å². The highest BCUT2D eigenvalue weighted by molar-refractivity contribution is 5.92. The van der Waals surface area contributed by atoms with E-state index in [1.807, 2.05) is 4.90 Å². The first-order chi connectivity index (χ1) is 12.6. The highest BCUT2D eigenvalue weighted by Crippen LogP contribution is 2.21. The van der Waals surface area contributed by atoms with Crippen LogP contribution in [0.1, 0.15) is 5.56 Å². The summed E-state index contributed by atoms with van der Waals surface area (Å²) in [5.41, 5.74) is 0.428. The van der Waals surface area contributed by atoms with Gasteiger partial charge in [-0.2, -0.15) is 8.78 Å². The van der Waals surface area contributed by atoms with E-state index in [1.165, 1.54) is 18.2 Å². The summed E-state index contributed by atoms with van der Waals surface area (Å²) >= 11 is 0. The zero-order chi connectivity index (χ0) is 18.4. The van der Waals surface area contributed by atoms with Crippen molar-refractivity contribution >= 4 is 17.9 Å². The molecule has 6 nitrogen and oxygen atoms in total. The average molecular weight is 360 g/mol. The smallest absolute Gasteiger partial charge is 0.387 e. The van der Waals surface area contributed by atoms with E-state index in [1.54, 1.807) is 41.6 Å². The van der Waals surface area contributed by atoms with E-state index in [9.17, 15) is 13.6 Å². The van der Waals surface area contributed by atoms with Crippen molar-refractivity contribution in [1.82, 2.24) is 14.9 Å². The second-order valence-corrected chi connectivity index (χ2v) is 5.61. The Morgan fingerprint density at radius 3 is 2.46 bits per heavy atom. The van der Waals surface area contributed by atoms with E-state index >= 15 is 0 Å². The van der Waals surface area contributed by atoms with E-state index < -0.39 is 6.61 Å². The molecule has 8 heteroatoms. The van der Waals surface area contributed by atoms with Crippen molar-refractivity contribution in [3.05, 3.63) is 54.4 Å². The predicted octanol–water partition coefficient (Wildman–Crippen LogP) is 2.44. The number of rotatable bonds is 5. The molecule has 0 N–H and O–H groups in total. The van der Waals surface area contributed by atoms with Gasteiger partial charge in [0.05, 0.1) is 0 Å². The molecule has 0 radical (unpaired) electrons. The van der Waals surface area contributed by atoms with Crippen LogP contribution in [0.2, 0.25) is 0 Å². The van der Waals surface area contributed by atoms with Crippen LogP contribution in [0.25, 0.3) is 6.08 Å². The second kappa shape index (κ2) is 8.37. The summed E-state index contributed by atoms with van der Waals surface area (Å²) in [6.07, 6.45) is 6.23. The first kappa shape index (κ1) is 17.8. The first-order valence-electron chi connectivity index (χ1n) is 8.16. The van der Waals surface area contributed by atoms with E-state index in [0.29, 0.717) is 37.7 Å². The minimum absolute atomic E-state index is 0.0394. The number of aromatic nitrogens is 2. The van der Waals surface area contributed by atoms with Crippen LogP contribution in [-0.4, -0.2) is 53.6 Å². The summed E-state index contributed by atoms with van der Waals surface area (Å²) in [6, 6.07) is 8.10. The maximum absolute atomic E-state index is 12.4. The number of alkyl halides is 2. The molecular formula is C18H18F2N4O2. The van der Waals surface area contributed by atoms with Crippen molar-refractivity contribution in [2.45, 2.75) is 6.61 Å². The Morgan fingerprint density at radius 1 is 1.08 bits per heavy atom. The molecule has 1 aromatic heterocycles. The zero-order valence-electron chi connectivity index (χ0n) is 14.0. The molecule has 3 rings (SSSR count). The van der Waals surface area contributed by atoms with Gasteiger partial charge in [-0.1, -0.05) is 18.2 Å². The minimum atomic E-state index is -2.91. The normalized spacial score (nSPS) is 14.9. The van der Waals surface area contributed by atoms with Crippen LogP contribution in [0.3, 0.4) is 0 Å². The van der Waals surface area contributed by atoms with Gasteiger partial charge in [0.1, 0.15) is 5.75 Å². The van der Waals surface area contributed by atoms with Crippen molar-refractivity contribution in [3.63, 3.8) is 0 Å². The standard InChI is InChI=1S/C18H18F2N4O2/c19-17(20)26-15-5-2-1-4-14(15)6-7-16(25)23-10-12-24(13-11-23)18-21-8-3-9-22-18/h1-9,17H,10-13H2. The fraction of sp³-hybridized carbons (Fsp3) is 0.278. The third-order valence-corrected chi connectivity index (χ3v) is 3.97. The lowest BCUT2D eigenvalue weighted by molar-refractivity contribution is -0.126. The quantitative estimate of drug-likeness (QED) is 0.767. The van der Waals surface area contributed by atoms with Crippen LogP contribution < -0.4 is 9.64 Å². The lowest BCUT2D eigenvalue weighted by Crippen LogP contribution is -2.48. The molecule has 0 atom stereocenters. The number of anilines is 1. The Hall–Kier alpha value is -3.03. The van der Waals surface area contributed by atoms with Gasteiger partial charge in [0.15, 0.2) is 0 Å². The molecular weight excluding hydrogens is 342 g/mol. The molecule has 1 amide bonds. The molecule has 0 bridgehead atoms. The Labute approximate surface area is 149 Å². The van der Waals surface area contributed by atoms with Crippen molar-refractivity contribution in [1.29, 1.82) is 0 Å². The van der Waals surface area contributed by atoms with Crippen LogP contribution in [0.15, 0.2) is 48.8 Å². The zero-order valence-corrected chi connectivity index (χ0v) is 14.0. The van der Waals surface area contributed by atoms with Crippen molar-refractivity contribution in [2.24, 2.45) is 0 Å². The fourth-order valence-electron chi connectivity index (χ4n) is 2.67. The van der Waals surface area contributed by atoms with Crippen molar-refractivity contribution < 1.29 is 18.3 Å². The fourth-order valence-corrected chi connectivity index (χ4v) is 2.67. The highest BCUT2D eigenvalue weighted by atomic mass is 19.3. The molecule has 1 aliphatic rings. The second-order valence-electron chi connectivity index (χ2n) is 5.61. The maximum Gasteiger partial charge on any atom is 0.387 e. The number of amides is 1. The Bertz CT molecular complexity index is 763.